The molecule has 3 nitrogen and oxygen atoms in total. The Balaban J connectivity index is 2.13. The first-order valence-electron chi connectivity index (χ1n) is 5.27. The molecule has 1 unspecified atom stereocenters. The Morgan fingerprint density at radius 1 is 1.38 bits per heavy atom. The largest absolute Gasteiger partial charge is 0.313 e. The van der Waals surface area contributed by atoms with E-state index in [-0.39, 0.29) is 0 Å². The van der Waals surface area contributed by atoms with E-state index in [0.29, 0.717) is 6.04 Å². The number of hydrogen-bond donors (Lipinski definition) is 1. The van der Waals surface area contributed by atoms with Gasteiger partial charge in [0, 0.05) is 35.4 Å². The maximum absolute atomic E-state index is 4.33. The Morgan fingerprint density at radius 3 is 2.81 bits per heavy atom. The van der Waals surface area contributed by atoms with E-state index < -0.39 is 0 Å². The van der Waals surface area contributed by atoms with Crippen molar-refractivity contribution in [3.8, 4) is 0 Å². The van der Waals surface area contributed by atoms with Crippen molar-refractivity contribution in [1.29, 1.82) is 0 Å². The minimum atomic E-state index is 0.313. The monoisotopic (exact) mass is 233 g/mol. The number of hydrogen-bond acceptors (Lipinski definition) is 4. The molecule has 0 aliphatic rings. The molecule has 0 spiro atoms. The first-order chi connectivity index (χ1) is 7.79. The Labute approximate surface area is 99.6 Å². The van der Waals surface area contributed by atoms with Crippen molar-refractivity contribution in [2.75, 3.05) is 7.05 Å². The summed E-state index contributed by atoms with van der Waals surface area (Å²) in [6, 6.07) is 4.49. The van der Waals surface area contributed by atoms with Gasteiger partial charge >= 0.3 is 0 Å². The molecular weight excluding hydrogens is 218 g/mol. The summed E-state index contributed by atoms with van der Waals surface area (Å²) in [7, 11) is 1.98. The van der Waals surface area contributed by atoms with Crippen LogP contribution in [0.5, 0.6) is 0 Å². The zero-order valence-electron chi connectivity index (χ0n) is 9.47. The van der Waals surface area contributed by atoms with E-state index in [0.717, 1.165) is 12.1 Å². The fourth-order valence-electron chi connectivity index (χ4n) is 1.62. The molecule has 0 aliphatic carbocycles. The van der Waals surface area contributed by atoms with Crippen molar-refractivity contribution in [1.82, 2.24) is 15.3 Å². The second kappa shape index (κ2) is 5.18. The van der Waals surface area contributed by atoms with Crippen LogP contribution in [0.3, 0.4) is 0 Å². The second-order valence-corrected chi connectivity index (χ2v) is 4.72. The van der Waals surface area contributed by atoms with Crippen LogP contribution in [0, 0.1) is 6.92 Å². The molecule has 0 bridgehead atoms. The summed E-state index contributed by atoms with van der Waals surface area (Å²) < 4.78 is 0. The standard InChI is InChI=1S/C12H15N3S/c1-9-3-4-10(6-15-9)12(13-2)5-11-7-14-8-16-11/h3-4,6-8,12-13H,5H2,1-2H3. The minimum absolute atomic E-state index is 0.313. The van der Waals surface area contributed by atoms with Gasteiger partial charge in [0.05, 0.1) is 5.51 Å². The molecule has 1 atom stereocenters. The van der Waals surface area contributed by atoms with Gasteiger partial charge in [-0.2, -0.15) is 0 Å². The van der Waals surface area contributed by atoms with Crippen LogP contribution < -0.4 is 5.32 Å². The average molecular weight is 233 g/mol. The van der Waals surface area contributed by atoms with E-state index in [1.807, 2.05) is 37.9 Å². The van der Waals surface area contributed by atoms with Crippen LogP contribution in [0.2, 0.25) is 0 Å². The Hall–Kier alpha value is -1.26. The summed E-state index contributed by atoms with van der Waals surface area (Å²) in [5.41, 5.74) is 4.15. The molecule has 2 heterocycles. The highest BCUT2D eigenvalue weighted by molar-refractivity contribution is 7.09. The topological polar surface area (TPSA) is 37.8 Å². The van der Waals surface area contributed by atoms with Gasteiger partial charge in [0.15, 0.2) is 0 Å². The molecule has 0 aliphatic heterocycles. The van der Waals surface area contributed by atoms with Crippen molar-refractivity contribution in [3.05, 3.63) is 46.2 Å². The number of nitrogens with one attached hydrogen (secondary N) is 1. The van der Waals surface area contributed by atoms with Crippen molar-refractivity contribution < 1.29 is 0 Å². The van der Waals surface area contributed by atoms with E-state index in [2.05, 4.69) is 21.4 Å². The number of pyridine rings is 1. The first-order valence-corrected chi connectivity index (χ1v) is 6.14. The van der Waals surface area contributed by atoms with Crippen LogP contribution in [0.25, 0.3) is 0 Å². The summed E-state index contributed by atoms with van der Waals surface area (Å²) in [5.74, 6) is 0. The zero-order chi connectivity index (χ0) is 11.4. The van der Waals surface area contributed by atoms with E-state index in [9.17, 15) is 0 Å². The van der Waals surface area contributed by atoms with Crippen LogP contribution >= 0.6 is 11.3 Å². The van der Waals surface area contributed by atoms with Gasteiger partial charge in [-0.3, -0.25) is 9.97 Å². The molecule has 0 saturated heterocycles. The molecular formula is C12H15N3S. The van der Waals surface area contributed by atoms with E-state index in [4.69, 9.17) is 0 Å². The normalized spacial score (nSPS) is 12.6. The Morgan fingerprint density at radius 2 is 2.25 bits per heavy atom. The highest BCUT2D eigenvalue weighted by atomic mass is 32.1. The third kappa shape index (κ3) is 2.65. The highest BCUT2D eigenvalue weighted by Gasteiger charge is 2.11. The smallest absolute Gasteiger partial charge is 0.0794 e. The highest BCUT2D eigenvalue weighted by Crippen LogP contribution is 2.19. The van der Waals surface area contributed by atoms with Crippen molar-refractivity contribution in [2.24, 2.45) is 0 Å². The van der Waals surface area contributed by atoms with Gasteiger partial charge in [-0.05, 0) is 25.6 Å². The molecule has 84 valence electrons. The lowest BCUT2D eigenvalue weighted by Gasteiger charge is -2.15. The molecule has 1 N–H and O–H groups in total. The van der Waals surface area contributed by atoms with Gasteiger partial charge in [0.1, 0.15) is 0 Å². The maximum Gasteiger partial charge on any atom is 0.0794 e. The molecule has 0 saturated carbocycles. The SMILES string of the molecule is CNC(Cc1cncs1)c1ccc(C)nc1. The Bertz CT molecular complexity index is 422. The summed E-state index contributed by atoms with van der Waals surface area (Å²) in [6.07, 6.45) is 4.83. The summed E-state index contributed by atoms with van der Waals surface area (Å²) >= 11 is 1.69. The maximum atomic E-state index is 4.33. The number of aromatic nitrogens is 2. The molecule has 0 aromatic carbocycles. The minimum Gasteiger partial charge on any atom is -0.313 e. The third-order valence-corrected chi connectivity index (χ3v) is 3.38. The number of rotatable bonds is 4. The van der Waals surface area contributed by atoms with Crippen LogP contribution in [0.1, 0.15) is 22.2 Å². The van der Waals surface area contributed by atoms with Crippen LogP contribution in [0.15, 0.2) is 30.0 Å². The van der Waals surface area contributed by atoms with Gasteiger partial charge in [0.25, 0.3) is 0 Å². The molecule has 16 heavy (non-hydrogen) atoms. The molecule has 4 heteroatoms. The molecule has 0 fully saturated rings. The summed E-state index contributed by atoms with van der Waals surface area (Å²) in [6.45, 7) is 2.00. The fraction of sp³-hybridized carbons (Fsp3) is 0.333. The van der Waals surface area contributed by atoms with Crippen LogP contribution in [-0.2, 0) is 6.42 Å². The number of likely N-dealkylation sites (N-methyl/N-ethyl adjacent to an activating group) is 1. The molecule has 0 amide bonds. The predicted molar refractivity (Wildman–Crippen MR) is 66.6 cm³/mol. The van der Waals surface area contributed by atoms with Gasteiger partial charge in [-0.25, -0.2) is 0 Å². The average Bonchev–Trinajstić information content (AvgIpc) is 2.80. The molecule has 2 rings (SSSR count). The third-order valence-electron chi connectivity index (χ3n) is 2.57. The number of aryl methyl sites for hydroxylation is 1. The van der Waals surface area contributed by atoms with Gasteiger partial charge in [-0.15, -0.1) is 11.3 Å². The molecule has 2 aromatic heterocycles. The van der Waals surface area contributed by atoms with Crippen molar-refractivity contribution >= 4 is 11.3 Å². The van der Waals surface area contributed by atoms with E-state index in [1.54, 1.807) is 11.3 Å². The fourth-order valence-corrected chi connectivity index (χ4v) is 2.26. The lowest BCUT2D eigenvalue weighted by molar-refractivity contribution is 0.593. The van der Waals surface area contributed by atoms with E-state index in [1.165, 1.54) is 10.4 Å². The van der Waals surface area contributed by atoms with Gasteiger partial charge < -0.3 is 5.32 Å². The second-order valence-electron chi connectivity index (χ2n) is 3.75. The van der Waals surface area contributed by atoms with Gasteiger partial charge in [0.2, 0.25) is 0 Å². The first kappa shape index (κ1) is 11.2. The van der Waals surface area contributed by atoms with E-state index >= 15 is 0 Å². The number of thiazole rings is 1. The van der Waals surface area contributed by atoms with Gasteiger partial charge in [-0.1, -0.05) is 6.07 Å². The van der Waals surface area contributed by atoms with Crippen molar-refractivity contribution in [3.63, 3.8) is 0 Å². The molecule has 0 radical (unpaired) electrons. The van der Waals surface area contributed by atoms with Crippen LogP contribution in [-0.4, -0.2) is 17.0 Å². The quantitative estimate of drug-likeness (QED) is 0.881. The lowest BCUT2D eigenvalue weighted by atomic mass is 10.1. The van der Waals surface area contributed by atoms with Crippen molar-refractivity contribution in [2.45, 2.75) is 19.4 Å². The van der Waals surface area contributed by atoms with Crippen LogP contribution in [0.4, 0.5) is 0 Å². The summed E-state index contributed by atoms with van der Waals surface area (Å²) in [4.78, 5) is 9.71. The molecule has 2 aromatic rings. The zero-order valence-corrected chi connectivity index (χ0v) is 10.3. The lowest BCUT2D eigenvalue weighted by Crippen LogP contribution is -2.18. The predicted octanol–water partition coefficient (Wildman–Crippen LogP) is 2.35. The number of nitrogens with zero attached hydrogens (tertiary/aromatic N) is 2. The summed E-state index contributed by atoms with van der Waals surface area (Å²) in [5, 5.41) is 3.31. The Kier molecular flexibility index (Phi) is 3.64.